The van der Waals surface area contributed by atoms with Crippen LogP contribution >= 0.6 is 0 Å². The van der Waals surface area contributed by atoms with Crippen LogP contribution in [0.5, 0.6) is 0 Å². The van der Waals surface area contributed by atoms with Gasteiger partial charge in [0.15, 0.2) is 0 Å². The molecule has 0 radical (unpaired) electrons. The summed E-state index contributed by atoms with van der Waals surface area (Å²) in [6.07, 6.45) is 0.885. The molecule has 5 nitrogen and oxygen atoms in total. The van der Waals surface area contributed by atoms with Gasteiger partial charge in [-0.15, -0.1) is 0 Å². The first kappa shape index (κ1) is 19.1. The number of nitrogens with zero attached hydrogens (tertiary/aromatic N) is 2. The van der Waals surface area contributed by atoms with E-state index in [0.717, 1.165) is 28.8 Å². The van der Waals surface area contributed by atoms with E-state index in [2.05, 4.69) is 17.1 Å². The Labute approximate surface area is 161 Å². The SMILES string of the molecule is CCc1ccccc1NC(=O)CN1CCN(C(=O)c2ccc(C)cc2)CC1. The van der Waals surface area contributed by atoms with Crippen molar-refractivity contribution in [1.29, 1.82) is 0 Å². The highest BCUT2D eigenvalue weighted by molar-refractivity contribution is 5.94. The molecule has 0 aromatic heterocycles. The molecule has 0 saturated carbocycles. The molecule has 0 bridgehead atoms. The molecular formula is C22H27N3O2. The minimum absolute atomic E-state index is 0.00536. The number of benzene rings is 2. The van der Waals surface area contributed by atoms with Gasteiger partial charge in [-0.2, -0.15) is 0 Å². The van der Waals surface area contributed by atoms with Crippen LogP contribution in [0.25, 0.3) is 0 Å². The monoisotopic (exact) mass is 365 g/mol. The van der Waals surface area contributed by atoms with E-state index in [1.54, 1.807) is 0 Å². The quantitative estimate of drug-likeness (QED) is 0.886. The molecule has 1 saturated heterocycles. The lowest BCUT2D eigenvalue weighted by molar-refractivity contribution is -0.117. The minimum Gasteiger partial charge on any atom is -0.336 e. The first-order chi connectivity index (χ1) is 13.1. The average molecular weight is 365 g/mol. The number of nitrogens with one attached hydrogen (secondary N) is 1. The van der Waals surface area contributed by atoms with Crippen molar-refractivity contribution in [3.8, 4) is 0 Å². The van der Waals surface area contributed by atoms with E-state index >= 15 is 0 Å². The minimum atomic E-state index is -0.00536. The van der Waals surface area contributed by atoms with Crippen molar-refractivity contribution in [3.63, 3.8) is 0 Å². The molecule has 1 aliphatic heterocycles. The zero-order valence-electron chi connectivity index (χ0n) is 16.1. The van der Waals surface area contributed by atoms with E-state index in [1.807, 2.05) is 60.4 Å². The summed E-state index contributed by atoms with van der Waals surface area (Å²) >= 11 is 0. The Kier molecular flexibility index (Phi) is 6.24. The van der Waals surface area contributed by atoms with Crippen LogP contribution in [-0.2, 0) is 11.2 Å². The second kappa shape index (κ2) is 8.82. The second-order valence-electron chi connectivity index (χ2n) is 6.99. The maximum Gasteiger partial charge on any atom is 0.253 e. The number of piperazine rings is 1. The van der Waals surface area contributed by atoms with Crippen molar-refractivity contribution in [2.75, 3.05) is 38.0 Å². The van der Waals surface area contributed by atoms with Crippen LogP contribution < -0.4 is 5.32 Å². The molecule has 142 valence electrons. The average Bonchev–Trinajstić information content (AvgIpc) is 2.69. The van der Waals surface area contributed by atoms with Crippen molar-refractivity contribution in [3.05, 3.63) is 65.2 Å². The summed E-state index contributed by atoms with van der Waals surface area (Å²) in [6, 6.07) is 15.6. The Morgan fingerprint density at radius 2 is 1.63 bits per heavy atom. The van der Waals surface area contributed by atoms with Gasteiger partial charge in [0.1, 0.15) is 0 Å². The molecule has 2 aromatic rings. The lowest BCUT2D eigenvalue weighted by Gasteiger charge is -2.34. The number of para-hydroxylation sites is 1. The molecule has 0 aliphatic carbocycles. The summed E-state index contributed by atoms with van der Waals surface area (Å²) < 4.78 is 0. The highest BCUT2D eigenvalue weighted by atomic mass is 16.2. The number of hydrogen-bond acceptors (Lipinski definition) is 3. The molecule has 27 heavy (non-hydrogen) atoms. The Bertz CT molecular complexity index is 793. The summed E-state index contributed by atoms with van der Waals surface area (Å²) in [5, 5.41) is 3.01. The van der Waals surface area contributed by atoms with Gasteiger partial charge < -0.3 is 10.2 Å². The van der Waals surface area contributed by atoms with Gasteiger partial charge in [0.2, 0.25) is 5.91 Å². The van der Waals surface area contributed by atoms with Gasteiger partial charge in [-0.1, -0.05) is 42.8 Å². The molecule has 5 heteroatoms. The third-order valence-corrected chi connectivity index (χ3v) is 5.00. The van der Waals surface area contributed by atoms with E-state index < -0.39 is 0 Å². The highest BCUT2D eigenvalue weighted by Gasteiger charge is 2.23. The van der Waals surface area contributed by atoms with Gasteiger partial charge >= 0.3 is 0 Å². The van der Waals surface area contributed by atoms with Crippen LogP contribution in [0.3, 0.4) is 0 Å². The van der Waals surface area contributed by atoms with E-state index in [9.17, 15) is 9.59 Å². The molecule has 0 unspecified atom stereocenters. The van der Waals surface area contributed by atoms with Gasteiger partial charge in [-0.05, 0) is 37.1 Å². The second-order valence-corrected chi connectivity index (χ2v) is 6.99. The van der Waals surface area contributed by atoms with Gasteiger partial charge in [-0.3, -0.25) is 14.5 Å². The van der Waals surface area contributed by atoms with Gasteiger partial charge in [0, 0.05) is 37.4 Å². The molecule has 3 rings (SSSR count). The third kappa shape index (κ3) is 4.95. The maximum absolute atomic E-state index is 12.6. The van der Waals surface area contributed by atoms with Crippen LogP contribution in [0.2, 0.25) is 0 Å². The normalized spacial score (nSPS) is 14.8. The van der Waals surface area contributed by atoms with E-state index in [4.69, 9.17) is 0 Å². The van der Waals surface area contributed by atoms with Crippen molar-refractivity contribution in [2.45, 2.75) is 20.3 Å². The zero-order valence-corrected chi connectivity index (χ0v) is 16.1. The fraction of sp³-hybridized carbons (Fsp3) is 0.364. The molecule has 1 aliphatic rings. The van der Waals surface area contributed by atoms with Crippen molar-refractivity contribution in [2.24, 2.45) is 0 Å². The van der Waals surface area contributed by atoms with Gasteiger partial charge in [0.05, 0.1) is 6.54 Å². The third-order valence-electron chi connectivity index (χ3n) is 5.00. The smallest absolute Gasteiger partial charge is 0.253 e. The fourth-order valence-corrected chi connectivity index (χ4v) is 3.33. The number of carbonyl (C=O) groups excluding carboxylic acids is 2. The van der Waals surface area contributed by atoms with Crippen LogP contribution in [-0.4, -0.2) is 54.3 Å². The molecular weight excluding hydrogens is 338 g/mol. The number of aryl methyl sites for hydroxylation is 2. The Morgan fingerprint density at radius 3 is 2.30 bits per heavy atom. The summed E-state index contributed by atoms with van der Waals surface area (Å²) in [4.78, 5) is 28.9. The summed E-state index contributed by atoms with van der Waals surface area (Å²) in [7, 11) is 0. The first-order valence-electron chi connectivity index (χ1n) is 9.53. The van der Waals surface area contributed by atoms with E-state index in [-0.39, 0.29) is 11.8 Å². The predicted molar refractivity (Wildman–Crippen MR) is 108 cm³/mol. The highest BCUT2D eigenvalue weighted by Crippen LogP contribution is 2.16. The standard InChI is InChI=1S/C22H27N3O2/c1-3-18-6-4-5-7-20(18)23-21(26)16-24-12-14-25(15-13-24)22(27)19-10-8-17(2)9-11-19/h4-11H,3,12-16H2,1-2H3,(H,23,26). The summed E-state index contributed by atoms with van der Waals surface area (Å²) in [6.45, 7) is 7.15. The number of anilines is 1. The molecule has 1 N–H and O–H groups in total. The molecule has 2 aromatic carbocycles. The lowest BCUT2D eigenvalue weighted by atomic mass is 10.1. The summed E-state index contributed by atoms with van der Waals surface area (Å²) in [5.74, 6) is 0.0604. The Hall–Kier alpha value is -2.66. The summed E-state index contributed by atoms with van der Waals surface area (Å²) in [5.41, 5.74) is 3.90. The number of hydrogen-bond donors (Lipinski definition) is 1. The van der Waals surface area contributed by atoms with Crippen LogP contribution in [0.15, 0.2) is 48.5 Å². The zero-order chi connectivity index (χ0) is 19.2. The molecule has 1 fully saturated rings. The van der Waals surface area contributed by atoms with Crippen LogP contribution in [0.4, 0.5) is 5.69 Å². The van der Waals surface area contributed by atoms with Crippen LogP contribution in [0.1, 0.15) is 28.4 Å². The van der Waals surface area contributed by atoms with Crippen molar-refractivity contribution >= 4 is 17.5 Å². The number of amides is 2. The van der Waals surface area contributed by atoms with Crippen molar-refractivity contribution in [1.82, 2.24) is 9.80 Å². The number of rotatable bonds is 5. The first-order valence-corrected chi connectivity index (χ1v) is 9.53. The largest absolute Gasteiger partial charge is 0.336 e. The van der Waals surface area contributed by atoms with Crippen LogP contribution in [0, 0.1) is 6.92 Å². The topological polar surface area (TPSA) is 52.7 Å². The molecule has 2 amide bonds. The molecule has 0 spiro atoms. The van der Waals surface area contributed by atoms with E-state index in [0.29, 0.717) is 32.7 Å². The van der Waals surface area contributed by atoms with Gasteiger partial charge in [-0.25, -0.2) is 0 Å². The maximum atomic E-state index is 12.6. The van der Waals surface area contributed by atoms with Crippen molar-refractivity contribution < 1.29 is 9.59 Å². The number of carbonyl (C=O) groups is 2. The Morgan fingerprint density at radius 1 is 0.963 bits per heavy atom. The Balaban J connectivity index is 1.49. The lowest BCUT2D eigenvalue weighted by Crippen LogP contribution is -2.50. The van der Waals surface area contributed by atoms with Gasteiger partial charge in [0.25, 0.3) is 5.91 Å². The van der Waals surface area contributed by atoms with E-state index in [1.165, 1.54) is 0 Å². The molecule has 0 atom stereocenters. The predicted octanol–water partition coefficient (Wildman–Crippen LogP) is 2.95. The fourth-order valence-electron chi connectivity index (χ4n) is 3.33. The molecule has 1 heterocycles.